The minimum atomic E-state index is -0.372. The number of nitrogens with one attached hydrogen (secondary N) is 1. The van der Waals surface area contributed by atoms with Crippen LogP contribution in [0.25, 0.3) is 0 Å². The molecular weight excluding hydrogens is 244 g/mol. The molecule has 0 saturated carbocycles. The predicted octanol–water partition coefficient (Wildman–Crippen LogP) is 2.78. The molecule has 1 aromatic carbocycles. The number of nitro benzene ring substituents is 1. The average Bonchev–Trinajstić information content (AvgIpc) is 2.39. The minimum absolute atomic E-state index is 0.112. The highest BCUT2D eigenvalue weighted by Gasteiger charge is 2.18. The van der Waals surface area contributed by atoms with Crippen LogP contribution >= 0.6 is 0 Å². The third-order valence-electron chi connectivity index (χ3n) is 3.51. The van der Waals surface area contributed by atoms with E-state index in [2.05, 4.69) is 19.2 Å². The lowest BCUT2D eigenvalue weighted by molar-refractivity contribution is -0.384. The molecule has 0 saturated heterocycles. The summed E-state index contributed by atoms with van der Waals surface area (Å²) in [5.74, 6) is 1.09. The standard InChI is InChI=1S/C14H22N2O3/c1-5-13(15-3)10(2)8-11-9-12(16(17)18)6-7-14(11)19-4/h6-7,9-10,13,15H,5,8H2,1-4H3. The van der Waals surface area contributed by atoms with Gasteiger partial charge in [0, 0.05) is 23.7 Å². The first kappa shape index (κ1) is 15.4. The molecule has 0 aliphatic carbocycles. The molecule has 2 unspecified atom stereocenters. The highest BCUT2D eigenvalue weighted by molar-refractivity contribution is 5.44. The summed E-state index contributed by atoms with van der Waals surface area (Å²) in [6, 6.07) is 5.14. The van der Waals surface area contributed by atoms with Crippen LogP contribution in [0.1, 0.15) is 25.8 Å². The lowest BCUT2D eigenvalue weighted by atomic mass is 9.92. The molecule has 0 aliphatic heterocycles. The monoisotopic (exact) mass is 266 g/mol. The van der Waals surface area contributed by atoms with E-state index in [1.54, 1.807) is 19.2 Å². The molecule has 0 radical (unpaired) electrons. The number of hydrogen-bond acceptors (Lipinski definition) is 4. The molecule has 1 aromatic rings. The second kappa shape index (κ2) is 7.09. The highest BCUT2D eigenvalue weighted by atomic mass is 16.6. The molecule has 5 heteroatoms. The van der Waals surface area contributed by atoms with Crippen molar-refractivity contribution < 1.29 is 9.66 Å². The maximum Gasteiger partial charge on any atom is 0.269 e. The first-order valence-corrected chi connectivity index (χ1v) is 6.52. The number of nitro groups is 1. The van der Waals surface area contributed by atoms with Gasteiger partial charge in [0.2, 0.25) is 0 Å². The summed E-state index contributed by atoms with van der Waals surface area (Å²) < 4.78 is 5.28. The third-order valence-corrected chi connectivity index (χ3v) is 3.51. The second-order valence-corrected chi connectivity index (χ2v) is 4.74. The Hall–Kier alpha value is -1.62. The zero-order chi connectivity index (χ0) is 14.4. The Kier molecular flexibility index (Phi) is 5.76. The lowest BCUT2D eigenvalue weighted by Gasteiger charge is -2.22. The number of non-ortho nitro benzene ring substituents is 1. The molecule has 5 nitrogen and oxygen atoms in total. The maximum absolute atomic E-state index is 10.8. The molecule has 19 heavy (non-hydrogen) atoms. The van der Waals surface area contributed by atoms with Gasteiger partial charge in [0.15, 0.2) is 0 Å². The molecule has 0 spiro atoms. The highest BCUT2D eigenvalue weighted by Crippen LogP contribution is 2.27. The van der Waals surface area contributed by atoms with Gasteiger partial charge in [0.25, 0.3) is 5.69 Å². The van der Waals surface area contributed by atoms with Gasteiger partial charge in [-0.05, 0) is 31.9 Å². The van der Waals surface area contributed by atoms with Crippen molar-refractivity contribution in [3.63, 3.8) is 0 Å². The van der Waals surface area contributed by atoms with Crippen molar-refractivity contribution in [2.45, 2.75) is 32.7 Å². The van der Waals surface area contributed by atoms with Crippen LogP contribution in [0.2, 0.25) is 0 Å². The second-order valence-electron chi connectivity index (χ2n) is 4.74. The third kappa shape index (κ3) is 3.92. The van der Waals surface area contributed by atoms with E-state index in [9.17, 15) is 10.1 Å². The van der Waals surface area contributed by atoms with Gasteiger partial charge in [0.1, 0.15) is 5.75 Å². The van der Waals surface area contributed by atoms with Crippen molar-refractivity contribution in [3.8, 4) is 5.75 Å². The fourth-order valence-electron chi connectivity index (χ4n) is 2.42. The van der Waals surface area contributed by atoms with Gasteiger partial charge < -0.3 is 10.1 Å². The number of hydrogen-bond donors (Lipinski definition) is 1. The smallest absolute Gasteiger partial charge is 0.269 e. The molecule has 0 aliphatic rings. The Morgan fingerprint density at radius 3 is 2.63 bits per heavy atom. The van der Waals surface area contributed by atoms with E-state index in [4.69, 9.17) is 4.74 Å². The summed E-state index contributed by atoms with van der Waals surface area (Å²) in [7, 11) is 3.53. The van der Waals surface area contributed by atoms with Crippen LogP contribution in [0.3, 0.4) is 0 Å². The average molecular weight is 266 g/mol. The zero-order valence-electron chi connectivity index (χ0n) is 12.0. The number of methoxy groups -OCH3 is 1. The molecule has 0 amide bonds. The van der Waals surface area contributed by atoms with E-state index in [1.807, 2.05) is 7.05 Å². The summed E-state index contributed by atoms with van der Waals surface area (Å²) in [5.41, 5.74) is 0.999. The first-order valence-electron chi connectivity index (χ1n) is 6.52. The van der Waals surface area contributed by atoms with E-state index in [1.165, 1.54) is 6.07 Å². The molecule has 0 heterocycles. The van der Waals surface area contributed by atoms with Crippen LogP contribution in [-0.2, 0) is 6.42 Å². The Balaban J connectivity index is 2.97. The van der Waals surface area contributed by atoms with Gasteiger partial charge in [0.05, 0.1) is 12.0 Å². The molecule has 0 fully saturated rings. The molecule has 0 bridgehead atoms. The Morgan fingerprint density at radius 2 is 2.16 bits per heavy atom. The van der Waals surface area contributed by atoms with Crippen LogP contribution in [-0.4, -0.2) is 25.1 Å². The summed E-state index contributed by atoms with van der Waals surface area (Å²) >= 11 is 0. The largest absolute Gasteiger partial charge is 0.496 e. The van der Waals surface area contributed by atoms with Gasteiger partial charge in [-0.15, -0.1) is 0 Å². The molecule has 0 aromatic heterocycles. The quantitative estimate of drug-likeness (QED) is 0.609. The van der Waals surface area contributed by atoms with E-state index in [0.29, 0.717) is 17.7 Å². The Morgan fingerprint density at radius 1 is 1.47 bits per heavy atom. The van der Waals surface area contributed by atoms with Crippen molar-refractivity contribution >= 4 is 5.69 Å². The summed E-state index contributed by atoms with van der Waals surface area (Å²) in [4.78, 5) is 10.5. The van der Waals surface area contributed by atoms with Crippen molar-refractivity contribution in [1.29, 1.82) is 0 Å². The van der Waals surface area contributed by atoms with Gasteiger partial charge in [-0.3, -0.25) is 10.1 Å². The van der Waals surface area contributed by atoms with Gasteiger partial charge in [-0.25, -0.2) is 0 Å². The van der Waals surface area contributed by atoms with Gasteiger partial charge >= 0.3 is 0 Å². The van der Waals surface area contributed by atoms with E-state index >= 15 is 0 Å². The van der Waals surface area contributed by atoms with Crippen LogP contribution < -0.4 is 10.1 Å². The number of ether oxygens (including phenoxy) is 1. The van der Waals surface area contributed by atoms with Crippen LogP contribution in [0.15, 0.2) is 18.2 Å². The summed E-state index contributed by atoms with van der Waals surface area (Å²) in [5, 5.41) is 14.1. The maximum atomic E-state index is 10.8. The molecule has 106 valence electrons. The van der Waals surface area contributed by atoms with Crippen LogP contribution in [0.4, 0.5) is 5.69 Å². The van der Waals surface area contributed by atoms with E-state index < -0.39 is 0 Å². The van der Waals surface area contributed by atoms with Gasteiger partial charge in [-0.1, -0.05) is 13.8 Å². The predicted molar refractivity (Wildman–Crippen MR) is 75.7 cm³/mol. The van der Waals surface area contributed by atoms with Crippen molar-refractivity contribution in [2.75, 3.05) is 14.2 Å². The lowest BCUT2D eigenvalue weighted by Crippen LogP contribution is -2.32. The van der Waals surface area contributed by atoms with E-state index in [0.717, 1.165) is 18.4 Å². The normalized spacial score (nSPS) is 13.9. The first-order chi connectivity index (χ1) is 9.03. The number of nitrogens with zero attached hydrogens (tertiary/aromatic N) is 1. The summed E-state index contributed by atoms with van der Waals surface area (Å²) in [6.07, 6.45) is 1.78. The molecular formula is C14H22N2O3. The summed E-state index contributed by atoms with van der Waals surface area (Å²) in [6.45, 7) is 4.27. The SMILES string of the molecule is CCC(NC)C(C)Cc1cc([N+](=O)[O-])ccc1OC. The molecule has 1 rings (SSSR count). The topological polar surface area (TPSA) is 64.4 Å². The van der Waals surface area contributed by atoms with Crippen molar-refractivity contribution in [1.82, 2.24) is 5.32 Å². The minimum Gasteiger partial charge on any atom is -0.496 e. The number of rotatable bonds is 7. The zero-order valence-corrected chi connectivity index (χ0v) is 12.0. The fourth-order valence-corrected chi connectivity index (χ4v) is 2.42. The van der Waals surface area contributed by atoms with Gasteiger partial charge in [-0.2, -0.15) is 0 Å². The van der Waals surface area contributed by atoms with Crippen LogP contribution in [0, 0.1) is 16.0 Å². The van der Waals surface area contributed by atoms with Crippen molar-refractivity contribution in [3.05, 3.63) is 33.9 Å². The Labute approximate surface area is 114 Å². The fraction of sp³-hybridized carbons (Fsp3) is 0.571. The number of benzene rings is 1. The van der Waals surface area contributed by atoms with Crippen LogP contribution in [0.5, 0.6) is 5.75 Å². The van der Waals surface area contributed by atoms with Crippen molar-refractivity contribution in [2.24, 2.45) is 5.92 Å². The van der Waals surface area contributed by atoms with E-state index in [-0.39, 0.29) is 10.6 Å². The molecule has 2 atom stereocenters. The Bertz CT molecular complexity index is 431. The molecule has 1 N–H and O–H groups in total.